The maximum Gasteiger partial charge on any atom is 0.255 e. The molecule has 2 aromatic carbocycles. The summed E-state index contributed by atoms with van der Waals surface area (Å²) in [6.45, 7) is 0. The lowest BCUT2D eigenvalue weighted by atomic mass is 10.1. The van der Waals surface area contributed by atoms with Crippen molar-refractivity contribution in [2.75, 3.05) is 19.5 Å². The van der Waals surface area contributed by atoms with Gasteiger partial charge >= 0.3 is 0 Å². The molecule has 0 bridgehead atoms. The average molecular weight is 368 g/mol. The quantitative estimate of drug-likeness (QED) is 0.816. The molecule has 27 heavy (non-hydrogen) atoms. The second-order valence-electron chi connectivity index (χ2n) is 6.59. The maximum atomic E-state index is 12.5. The highest BCUT2D eigenvalue weighted by Gasteiger charge is 2.18. The van der Waals surface area contributed by atoms with E-state index in [-0.39, 0.29) is 17.9 Å². The average Bonchev–Trinajstić information content (AvgIpc) is 3.21. The van der Waals surface area contributed by atoms with Crippen molar-refractivity contribution in [1.29, 1.82) is 0 Å². The van der Waals surface area contributed by atoms with Crippen LogP contribution in [0.4, 0.5) is 5.69 Å². The summed E-state index contributed by atoms with van der Waals surface area (Å²) in [6.07, 6.45) is 4.43. The summed E-state index contributed by atoms with van der Waals surface area (Å²) in [5.74, 6) is 0.726. The molecule has 0 aromatic heterocycles. The molecule has 0 spiro atoms. The number of amides is 2. The molecule has 3 rings (SSSR count). The van der Waals surface area contributed by atoms with Crippen LogP contribution in [0.3, 0.4) is 0 Å². The third kappa shape index (κ3) is 4.78. The predicted octanol–water partition coefficient (Wildman–Crippen LogP) is 3.63. The zero-order chi connectivity index (χ0) is 19.2. The molecule has 0 atom stereocenters. The molecule has 6 heteroatoms. The van der Waals surface area contributed by atoms with Crippen molar-refractivity contribution in [3.8, 4) is 11.5 Å². The third-order valence-electron chi connectivity index (χ3n) is 4.71. The van der Waals surface area contributed by atoms with Gasteiger partial charge in [0.1, 0.15) is 11.5 Å². The van der Waals surface area contributed by atoms with Gasteiger partial charge in [0.25, 0.3) is 11.8 Å². The molecule has 142 valence electrons. The lowest BCUT2D eigenvalue weighted by molar-refractivity contribution is 0.0937. The molecule has 2 amide bonds. The zero-order valence-corrected chi connectivity index (χ0v) is 15.6. The van der Waals surface area contributed by atoms with Crippen LogP contribution in [0.25, 0.3) is 0 Å². The van der Waals surface area contributed by atoms with Crippen LogP contribution in [0.15, 0.2) is 42.5 Å². The highest BCUT2D eigenvalue weighted by molar-refractivity contribution is 6.05. The summed E-state index contributed by atoms with van der Waals surface area (Å²) in [4.78, 5) is 24.8. The van der Waals surface area contributed by atoms with E-state index in [4.69, 9.17) is 9.47 Å². The largest absolute Gasteiger partial charge is 0.497 e. The van der Waals surface area contributed by atoms with E-state index in [1.54, 1.807) is 42.5 Å². The summed E-state index contributed by atoms with van der Waals surface area (Å²) < 4.78 is 10.4. The van der Waals surface area contributed by atoms with E-state index < -0.39 is 0 Å². The molecule has 1 fully saturated rings. The van der Waals surface area contributed by atoms with Crippen LogP contribution in [0.1, 0.15) is 46.4 Å². The molecular weight excluding hydrogens is 344 g/mol. The van der Waals surface area contributed by atoms with Crippen LogP contribution in [-0.2, 0) is 0 Å². The minimum atomic E-state index is -0.282. The fourth-order valence-electron chi connectivity index (χ4n) is 3.19. The molecule has 0 heterocycles. The maximum absolute atomic E-state index is 12.5. The van der Waals surface area contributed by atoms with Gasteiger partial charge in [0.05, 0.1) is 14.2 Å². The monoisotopic (exact) mass is 368 g/mol. The Labute approximate surface area is 158 Å². The Bertz CT molecular complexity index is 789. The number of carbonyl (C=O) groups excluding carboxylic acids is 2. The van der Waals surface area contributed by atoms with Gasteiger partial charge in [-0.1, -0.05) is 12.8 Å². The number of rotatable bonds is 6. The topological polar surface area (TPSA) is 76.7 Å². The summed E-state index contributed by atoms with van der Waals surface area (Å²) in [5.41, 5.74) is 1.62. The predicted molar refractivity (Wildman–Crippen MR) is 104 cm³/mol. The van der Waals surface area contributed by atoms with Gasteiger partial charge in [0.2, 0.25) is 0 Å². The number of ether oxygens (including phenoxy) is 2. The molecule has 6 nitrogen and oxygen atoms in total. The Morgan fingerprint density at radius 3 is 2.00 bits per heavy atom. The van der Waals surface area contributed by atoms with Gasteiger partial charge in [-0.15, -0.1) is 0 Å². The Morgan fingerprint density at radius 2 is 1.44 bits per heavy atom. The van der Waals surface area contributed by atoms with Crippen LogP contribution < -0.4 is 20.1 Å². The van der Waals surface area contributed by atoms with E-state index in [0.717, 1.165) is 12.8 Å². The number of methoxy groups -OCH3 is 2. The first-order chi connectivity index (χ1) is 13.1. The zero-order valence-electron chi connectivity index (χ0n) is 15.6. The summed E-state index contributed by atoms with van der Waals surface area (Å²) in [7, 11) is 3.07. The molecule has 0 unspecified atom stereocenters. The van der Waals surface area contributed by atoms with Crippen LogP contribution in [0.5, 0.6) is 11.5 Å². The number of carbonyl (C=O) groups is 2. The highest BCUT2D eigenvalue weighted by Crippen LogP contribution is 2.23. The summed E-state index contributed by atoms with van der Waals surface area (Å²) in [6, 6.07) is 12.1. The Hall–Kier alpha value is -3.02. The molecule has 2 N–H and O–H groups in total. The number of nitrogens with one attached hydrogen (secondary N) is 2. The highest BCUT2D eigenvalue weighted by atomic mass is 16.5. The molecule has 1 aliphatic rings. The summed E-state index contributed by atoms with van der Waals surface area (Å²) in [5, 5.41) is 5.87. The minimum Gasteiger partial charge on any atom is -0.497 e. The lowest BCUT2D eigenvalue weighted by Crippen LogP contribution is -2.32. The first-order valence-electron chi connectivity index (χ1n) is 9.04. The fraction of sp³-hybridized carbons (Fsp3) is 0.333. The van der Waals surface area contributed by atoms with Crippen molar-refractivity contribution in [3.05, 3.63) is 53.6 Å². The van der Waals surface area contributed by atoms with E-state index in [0.29, 0.717) is 28.3 Å². The molecule has 0 aliphatic heterocycles. The van der Waals surface area contributed by atoms with Crippen molar-refractivity contribution < 1.29 is 19.1 Å². The van der Waals surface area contributed by atoms with Gasteiger partial charge in [0.15, 0.2) is 0 Å². The van der Waals surface area contributed by atoms with Crippen LogP contribution in [0.2, 0.25) is 0 Å². The molecule has 2 aromatic rings. The second kappa shape index (κ2) is 8.58. The Morgan fingerprint density at radius 1 is 0.852 bits per heavy atom. The standard InChI is InChI=1S/C21H24N2O4/c1-26-18-11-15(12-19(13-18)27-2)21(25)23-17-9-7-14(8-10-17)20(24)22-16-5-3-4-6-16/h7-13,16H,3-6H2,1-2H3,(H,22,24)(H,23,25). The fourth-order valence-corrected chi connectivity index (χ4v) is 3.19. The molecular formula is C21H24N2O4. The van der Waals surface area contributed by atoms with Gasteiger partial charge in [0, 0.05) is 28.9 Å². The van der Waals surface area contributed by atoms with Crippen LogP contribution >= 0.6 is 0 Å². The molecule has 1 aliphatic carbocycles. The lowest BCUT2D eigenvalue weighted by Gasteiger charge is -2.12. The van der Waals surface area contributed by atoms with Gasteiger partial charge in [-0.3, -0.25) is 9.59 Å². The van der Waals surface area contributed by atoms with Crippen LogP contribution in [0, 0.1) is 0 Å². The van der Waals surface area contributed by atoms with Crippen molar-refractivity contribution in [2.24, 2.45) is 0 Å². The van der Waals surface area contributed by atoms with Gasteiger partial charge in [-0.25, -0.2) is 0 Å². The minimum absolute atomic E-state index is 0.0719. The third-order valence-corrected chi connectivity index (χ3v) is 4.71. The van der Waals surface area contributed by atoms with E-state index in [2.05, 4.69) is 10.6 Å². The SMILES string of the molecule is COc1cc(OC)cc(C(=O)Nc2ccc(C(=O)NC3CCCC3)cc2)c1. The van der Waals surface area contributed by atoms with Crippen molar-refractivity contribution in [1.82, 2.24) is 5.32 Å². The molecule has 0 saturated heterocycles. The Balaban J connectivity index is 1.65. The van der Waals surface area contributed by atoms with E-state index in [1.165, 1.54) is 27.1 Å². The van der Waals surface area contributed by atoms with E-state index in [1.807, 2.05) is 0 Å². The summed E-state index contributed by atoms with van der Waals surface area (Å²) >= 11 is 0. The number of anilines is 1. The van der Waals surface area contributed by atoms with Crippen molar-refractivity contribution >= 4 is 17.5 Å². The van der Waals surface area contributed by atoms with Crippen molar-refractivity contribution in [3.63, 3.8) is 0 Å². The van der Waals surface area contributed by atoms with Gasteiger partial charge in [-0.2, -0.15) is 0 Å². The number of benzene rings is 2. The van der Waals surface area contributed by atoms with Gasteiger partial charge in [-0.05, 0) is 49.2 Å². The van der Waals surface area contributed by atoms with Crippen molar-refractivity contribution in [2.45, 2.75) is 31.7 Å². The van der Waals surface area contributed by atoms with E-state index >= 15 is 0 Å². The first-order valence-corrected chi connectivity index (χ1v) is 9.04. The number of hydrogen-bond donors (Lipinski definition) is 2. The first kappa shape index (κ1) is 18.8. The van der Waals surface area contributed by atoms with Crippen LogP contribution in [-0.4, -0.2) is 32.1 Å². The smallest absolute Gasteiger partial charge is 0.255 e. The molecule has 0 radical (unpaired) electrons. The second-order valence-corrected chi connectivity index (χ2v) is 6.59. The van der Waals surface area contributed by atoms with Gasteiger partial charge < -0.3 is 20.1 Å². The van der Waals surface area contributed by atoms with E-state index in [9.17, 15) is 9.59 Å². The number of hydrogen-bond acceptors (Lipinski definition) is 4. The normalized spacial score (nSPS) is 13.9. The Kier molecular flexibility index (Phi) is 5.96. The molecule has 1 saturated carbocycles.